The maximum absolute atomic E-state index is 16.5. The third-order valence-electron chi connectivity index (χ3n) is 7.73. The van der Waals surface area contributed by atoms with Crippen LogP contribution in [0.1, 0.15) is 34.1 Å². The Kier molecular flexibility index (Phi) is 9.29. The van der Waals surface area contributed by atoms with Gasteiger partial charge in [0.25, 0.3) is 0 Å². The number of alkyl halides is 2. The third-order valence-corrected chi connectivity index (χ3v) is 7.73. The maximum Gasteiger partial charge on any atom is 0.383 e. The third kappa shape index (κ3) is 6.53. The van der Waals surface area contributed by atoms with Crippen molar-refractivity contribution < 1.29 is 37.0 Å². The monoisotopic (exact) mass is 649 g/mol. The summed E-state index contributed by atoms with van der Waals surface area (Å²) in [5.41, 5.74) is 2.10. The molecular formula is C39H30F3NO5. The predicted octanol–water partition coefficient (Wildman–Crippen LogP) is 9.03. The van der Waals surface area contributed by atoms with Crippen molar-refractivity contribution in [3.63, 3.8) is 0 Å². The molecule has 0 spiro atoms. The topological polar surface area (TPSA) is 66.8 Å². The average Bonchev–Trinajstić information content (AvgIpc) is 3.48. The molecule has 0 aliphatic heterocycles. The van der Waals surface area contributed by atoms with Crippen LogP contribution >= 0.6 is 0 Å². The molecular weight excluding hydrogens is 619 g/mol. The van der Waals surface area contributed by atoms with E-state index < -0.39 is 29.4 Å². The highest BCUT2D eigenvalue weighted by atomic mass is 19.3. The summed E-state index contributed by atoms with van der Waals surface area (Å²) in [6, 6.07) is 34.5. The SMILES string of the molecule is CCOC(=O)C(F)(F)c1c(-c2ccc(COC(=O)c3ccccc3)cc2)c2c(OCc3ccccc3)cccc2n1-c1ccc(F)cc1. The van der Waals surface area contributed by atoms with Crippen molar-refractivity contribution in [2.24, 2.45) is 0 Å². The van der Waals surface area contributed by atoms with Gasteiger partial charge in [0.2, 0.25) is 0 Å². The molecule has 5 aromatic carbocycles. The van der Waals surface area contributed by atoms with E-state index in [9.17, 15) is 14.0 Å². The molecule has 1 heterocycles. The Labute approximate surface area is 274 Å². The Morgan fingerprint density at radius 3 is 2.02 bits per heavy atom. The van der Waals surface area contributed by atoms with Gasteiger partial charge in [-0.3, -0.25) is 0 Å². The molecule has 0 saturated carbocycles. The summed E-state index contributed by atoms with van der Waals surface area (Å²) in [5, 5.41) is 0.319. The van der Waals surface area contributed by atoms with Crippen molar-refractivity contribution in [3.05, 3.63) is 156 Å². The van der Waals surface area contributed by atoms with Crippen molar-refractivity contribution in [3.8, 4) is 22.6 Å². The zero-order chi connectivity index (χ0) is 33.7. The fourth-order valence-electron chi connectivity index (χ4n) is 5.49. The van der Waals surface area contributed by atoms with E-state index in [-0.39, 0.29) is 31.1 Å². The molecule has 6 aromatic rings. The highest BCUT2D eigenvalue weighted by Gasteiger charge is 2.49. The number of carbonyl (C=O) groups is 2. The second kappa shape index (κ2) is 13.9. The molecule has 0 N–H and O–H groups in total. The van der Waals surface area contributed by atoms with Gasteiger partial charge in [0, 0.05) is 11.3 Å². The fraction of sp³-hybridized carbons (Fsp3) is 0.128. The summed E-state index contributed by atoms with van der Waals surface area (Å²) in [6.07, 6.45) is 0. The molecule has 48 heavy (non-hydrogen) atoms. The number of carbonyl (C=O) groups excluding carboxylic acids is 2. The minimum atomic E-state index is -4.14. The number of fused-ring (bicyclic) bond motifs is 1. The minimum Gasteiger partial charge on any atom is -0.488 e. The fourth-order valence-corrected chi connectivity index (χ4v) is 5.49. The molecule has 6 rings (SSSR count). The smallest absolute Gasteiger partial charge is 0.383 e. The second-order valence-electron chi connectivity index (χ2n) is 10.9. The average molecular weight is 650 g/mol. The number of esters is 2. The lowest BCUT2D eigenvalue weighted by Crippen LogP contribution is -2.31. The molecule has 0 aliphatic carbocycles. The van der Waals surface area contributed by atoms with Crippen LogP contribution in [0, 0.1) is 5.82 Å². The first-order valence-corrected chi connectivity index (χ1v) is 15.2. The Hall–Kier alpha value is -5.83. The number of ether oxygens (including phenoxy) is 3. The van der Waals surface area contributed by atoms with Crippen LogP contribution in [0.2, 0.25) is 0 Å². The van der Waals surface area contributed by atoms with E-state index in [0.717, 1.165) is 17.7 Å². The lowest BCUT2D eigenvalue weighted by Gasteiger charge is -2.20. The number of benzene rings is 5. The normalized spacial score (nSPS) is 11.3. The summed E-state index contributed by atoms with van der Waals surface area (Å²) < 4.78 is 64.9. The van der Waals surface area contributed by atoms with Crippen LogP contribution in [-0.2, 0) is 33.4 Å². The van der Waals surface area contributed by atoms with Crippen LogP contribution in [0.3, 0.4) is 0 Å². The first-order valence-electron chi connectivity index (χ1n) is 15.2. The summed E-state index contributed by atoms with van der Waals surface area (Å²) in [5.74, 6) is -6.62. The van der Waals surface area contributed by atoms with Crippen LogP contribution in [0.25, 0.3) is 27.7 Å². The molecule has 0 atom stereocenters. The Bertz CT molecular complexity index is 2040. The molecule has 0 radical (unpaired) electrons. The maximum atomic E-state index is 16.5. The van der Waals surface area contributed by atoms with E-state index in [4.69, 9.17) is 14.2 Å². The number of hydrogen-bond donors (Lipinski definition) is 0. The van der Waals surface area contributed by atoms with Crippen molar-refractivity contribution in [1.82, 2.24) is 4.57 Å². The van der Waals surface area contributed by atoms with Crippen LogP contribution in [0.4, 0.5) is 13.2 Å². The molecule has 9 heteroatoms. The highest BCUT2D eigenvalue weighted by molar-refractivity contribution is 6.05. The van der Waals surface area contributed by atoms with Crippen LogP contribution < -0.4 is 4.74 Å². The number of hydrogen-bond acceptors (Lipinski definition) is 5. The number of aromatic nitrogens is 1. The van der Waals surface area contributed by atoms with E-state index in [1.807, 2.05) is 30.3 Å². The summed E-state index contributed by atoms with van der Waals surface area (Å²) >= 11 is 0. The quantitative estimate of drug-likeness (QED) is 0.131. The first-order chi connectivity index (χ1) is 23.3. The van der Waals surface area contributed by atoms with Crippen molar-refractivity contribution in [1.29, 1.82) is 0 Å². The Morgan fingerprint density at radius 1 is 0.708 bits per heavy atom. The van der Waals surface area contributed by atoms with Gasteiger partial charge in [0.1, 0.15) is 30.5 Å². The van der Waals surface area contributed by atoms with Gasteiger partial charge >= 0.3 is 17.9 Å². The van der Waals surface area contributed by atoms with Gasteiger partial charge in [-0.15, -0.1) is 0 Å². The Balaban J connectivity index is 1.52. The van der Waals surface area contributed by atoms with Gasteiger partial charge in [-0.25, -0.2) is 14.0 Å². The predicted molar refractivity (Wildman–Crippen MR) is 176 cm³/mol. The standard InChI is InChI=1S/C39H30F3NO5/c1-2-46-38(45)39(41,42)36-34(28-18-16-27(17-19-28)25-48-37(44)29-12-7-4-8-13-29)35-32(43(36)31-22-20-30(40)21-23-31)14-9-15-33(35)47-24-26-10-5-3-6-11-26/h3-23H,2,24-25H2,1H3. The van der Waals surface area contributed by atoms with Crippen LogP contribution in [-0.4, -0.2) is 23.1 Å². The summed E-state index contributed by atoms with van der Waals surface area (Å²) in [6.45, 7) is 1.28. The zero-order valence-electron chi connectivity index (χ0n) is 25.9. The first kappa shape index (κ1) is 32.1. The van der Waals surface area contributed by atoms with Gasteiger partial charge in [-0.05, 0) is 72.1 Å². The van der Waals surface area contributed by atoms with Gasteiger partial charge in [0.05, 0.1) is 23.1 Å². The van der Waals surface area contributed by atoms with Crippen LogP contribution in [0.5, 0.6) is 5.75 Å². The molecule has 0 fully saturated rings. The lowest BCUT2D eigenvalue weighted by molar-refractivity contribution is -0.173. The molecule has 1 aromatic heterocycles. The number of rotatable bonds is 11. The van der Waals surface area contributed by atoms with Crippen LogP contribution in [0.15, 0.2) is 127 Å². The molecule has 0 amide bonds. The van der Waals surface area contributed by atoms with Gasteiger partial charge in [-0.1, -0.05) is 78.9 Å². The van der Waals surface area contributed by atoms with Crippen molar-refractivity contribution in [2.45, 2.75) is 26.1 Å². The van der Waals surface area contributed by atoms with Gasteiger partial charge < -0.3 is 18.8 Å². The summed E-state index contributed by atoms with van der Waals surface area (Å²) in [7, 11) is 0. The summed E-state index contributed by atoms with van der Waals surface area (Å²) in [4.78, 5) is 25.4. The van der Waals surface area contributed by atoms with E-state index in [0.29, 0.717) is 33.3 Å². The molecule has 0 saturated heterocycles. The van der Waals surface area contributed by atoms with E-state index >= 15 is 8.78 Å². The largest absolute Gasteiger partial charge is 0.488 e. The van der Waals surface area contributed by atoms with E-state index in [1.54, 1.807) is 72.8 Å². The molecule has 0 unspecified atom stereocenters. The molecule has 0 aliphatic rings. The second-order valence-corrected chi connectivity index (χ2v) is 10.9. The van der Waals surface area contributed by atoms with Gasteiger partial charge in [-0.2, -0.15) is 8.78 Å². The van der Waals surface area contributed by atoms with Crippen molar-refractivity contribution >= 4 is 22.8 Å². The highest BCUT2D eigenvalue weighted by Crippen LogP contribution is 2.48. The number of halogens is 3. The van der Waals surface area contributed by atoms with Crippen molar-refractivity contribution in [2.75, 3.05) is 6.61 Å². The Morgan fingerprint density at radius 2 is 1.35 bits per heavy atom. The molecule has 6 nitrogen and oxygen atoms in total. The van der Waals surface area contributed by atoms with Gasteiger partial charge in [0.15, 0.2) is 0 Å². The number of nitrogens with zero attached hydrogens (tertiary/aromatic N) is 1. The van der Waals surface area contributed by atoms with E-state index in [1.165, 1.54) is 23.6 Å². The zero-order valence-corrected chi connectivity index (χ0v) is 25.9. The molecule has 0 bridgehead atoms. The minimum absolute atomic E-state index is 0.0314. The molecule has 242 valence electrons. The van der Waals surface area contributed by atoms with E-state index in [2.05, 4.69) is 0 Å². The lowest BCUT2D eigenvalue weighted by atomic mass is 9.97.